The van der Waals surface area contributed by atoms with E-state index in [1.807, 2.05) is 0 Å². The number of imidazole rings is 1. The van der Waals surface area contributed by atoms with Gasteiger partial charge in [0.05, 0.1) is 16.6 Å². The minimum Gasteiger partial charge on any atom is -0.507 e. The van der Waals surface area contributed by atoms with E-state index in [-0.39, 0.29) is 11.6 Å². The van der Waals surface area contributed by atoms with Gasteiger partial charge in [-0.05, 0) is 36.4 Å². The van der Waals surface area contributed by atoms with Crippen molar-refractivity contribution in [2.45, 2.75) is 0 Å². The Morgan fingerprint density at radius 2 is 2.05 bits per heavy atom. The lowest BCUT2D eigenvalue weighted by Gasteiger charge is -2.01. The summed E-state index contributed by atoms with van der Waals surface area (Å²) in [6, 6.07) is 10.5. The molecular formula is C14H11BrN4O. The van der Waals surface area contributed by atoms with Crippen molar-refractivity contribution in [3.05, 3.63) is 46.4 Å². The number of phenolic OH excluding ortho intramolecular Hbond substituents is 1. The summed E-state index contributed by atoms with van der Waals surface area (Å²) in [6.07, 6.45) is 0. The molecule has 0 amide bonds. The quantitative estimate of drug-likeness (QED) is 0.429. The molecule has 0 atom stereocenters. The van der Waals surface area contributed by atoms with Crippen LogP contribution in [0.1, 0.15) is 5.56 Å². The average molecular weight is 331 g/mol. The highest BCUT2D eigenvalue weighted by molar-refractivity contribution is 9.10. The van der Waals surface area contributed by atoms with Crippen molar-refractivity contribution in [3.63, 3.8) is 0 Å². The fraction of sp³-hybridized carbons (Fsp3) is 0. The van der Waals surface area contributed by atoms with E-state index in [0.717, 1.165) is 15.5 Å². The van der Waals surface area contributed by atoms with E-state index in [1.54, 1.807) is 36.4 Å². The predicted octanol–water partition coefficient (Wildman–Crippen LogP) is 2.98. The molecule has 0 spiro atoms. The summed E-state index contributed by atoms with van der Waals surface area (Å²) in [5, 5.41) is 17.4. The van der Waals surface area contributed by atoms with Crippen LogP contribution in [0.3, 0.4) is 0 Å². The van der Waals surface area contributed by atoms with Crippen LogP contribution in [0.2, 0.25) is 0 Å². The van der Waals surface area contributed by atoms with Crippen molar-refractivity contribution in [2.75, 3.05) is 0 Å². The van der Waals surface area contributed by atoms with E-state index in [0.29, 0.717) is 17.0 Å². The summed E-state index contributed by atoms with van der Waals surface area (Å²) in [5.41, 5.74) is 8.24. The zero-order valence-corrected chi connectivity index (χ0v) is 11.9. The standard InChI is InChI=1S/C14H11BrN4O/c15-8-2-4-12(20)9(6-8)14-18-10-3-1-7(13(16)17)5-11(10)19-14/h1-6,20H,(H3,16,17)(H,18,19). The average Bonchev–Trinajstić information content (AvgIpc) is 2.83. The summed E-state index contributed by atoms with van der Waals surface area (Å²) < 4.78 is 0.857. The van der Waals surface area contributed by atoms with Gasteiger partial charge in [0.15, 0.2) is 0 Å². The normalized spacial score (nSPS) is 10.8. The molecule has 0 fully saturated rings. The molecule has 0 aliphatic heterocycles. The number of nitrogens with zero attached hydrogens (tertiary/aromatic N) is 1. The number of rotatable bonds is 2. The maximum absolute atomic E-state index is 9.92. The van der Waals surface area contributed by atoms with E-state index < -0.39 is 0 Å². The molecule has 3 rings (SSSR count). The second-order valence-corrected chi connectivity index (χ2v) is 5.31. The van der Waals surface area contributed by atoms with Crippen LogP contribution >= 0.6 is 15.9 Å². The van der Waals surface area contributed by atoms with Crippen LogP contribution in [0.25, 0.3) is 22.4 Å². The number of hydrogen-bond acceptors (Lipinski definition) is 3. The third-order valence-electron chi connectivity index (χ3n) is 3.01. The molecule has 1 heterocycles. The first kappa shape index (κ1) is 12.7. The number of halogens is 1. The zero-order valence-electron chi connectivity index (χ0n) is 10.3. The number of aromatic amines is 1. The molecule has 3 aromatic rings. The second kappa shape index (κ2) is 4.64. The first-order valence-corrected chi connectivity index (χ1v) is 6.67. The number of nitrogen functional groups attached to an aromatic ring is 1. The number of aromatic hydroxyl groups is 1. The smallest absolute Gasteiger partial charge is 0.142 e. The molecule has 1 aromatic heterocycles. The fourth-order valence-corrected chi connectivity index (χ4v) is 2.36. The highest BCUT2D eigenvalue weighted by Gasteiger charge is 2.11. The maximum atomic E-state index is 9.92. The van der Waals surface area contributed by atoms with Crippen LogP contribution in [0.15, 0.2) is 40.9 Å². The molecule has 5 nitrogen and oxygen atoms in total. The van der Waals surface area contributed by atoms with Gasteiger partial charge in [-0.2, -0.15) is 0 Å². The number of benzene rings is 2. The summed E-state index contributed by atoms with van der Waals surface area (Å²) in [5.74, 6) is 0.729. The first-order chi connectivity index (χ1) is 9.54. The largest absolute Gasteiger partial charge is 0.507 e. The van der Waals surface area contributed by atoms with E-state index in [4.69, 9.17) is 11.1 Å². The molecule has 6 heteroatoms. The third kappa shape index (κ3) is 2.14. The molecule has 0 radical (unpaired) electrons. The highest BCUT2D eigenvalue weighted by atomic mass is 79.9. The fourth-order valence-electron chi connectivity index (χ4n) is 2.00. The topological polar surface area (TPSA) is 98.8 Å². The van der Waals surface area contributed by atoms with Gasteiger partial charge in [0.25, 0.3) is 0 Å². The molecule has 0 bridgehead atoms. The van der Waals surface area contributed by atoms with Crippen molar-refractivity contribution >= 4 is 32.8 Å². The van der Waals surface area contributed by atoms with Crippen LogP contribution in [-0.4, -0.2) is 20.9 Å². The van der Waals surface area contributed by atoms with Gasteiger partial charge < -0.3 is 15.8 Å². The molecule has 0 saturated heterocycles. The number of nitrogens with one attached hydrogen (secondary N) is 2. The number of aromatic nitrogens is 2. The number of phenols is 1. The van der Waals surface area contributed by atoms with Crippen LogP contribution in [0.4, 0.5) is 0 Å². The summed E-state index contributed by atoms with van der Waals surface area (Å²) in [6.45, 7) is 0. The van der Waals surface area contributed by atoms with Crippen molar-refractivity contribution in [1.29, 1.82) is 5.41 Å². The summed E-state index contributed by atoms with van der Waals surface area (Å²) in [7, 11) is 0. The molecule has 0 aliphatic carbocycles. The SMILES string of the molecule is N=C(N)c1ccc2nc(-c3cc(Br)ccc3O)[nH]c2c1. The van der Waals surface area contributed by atoms with Crippen LogP contribution in [-0.2, 0) is 0 Å². The Morgan fingerprint density at radius 1 is 1.25 bits per heavy atom. The van der Waals surface area contributed by atoms with Gasteiger partial charge in [0.1, 0.15) is 17.4 Å². The lowest BCUT2D eigenvalue weighted by Crippen LogP contribution is -2.10. The maximum Gasteiger partial charge on any atom is 0.142 e. The van der Waals surface area contributed by atoms with Crippen molar-refractivity contribution in [3.8, 4) is 17.1 Å². The lowest BCUT2D eigenvalue weighted by atomic mass is 10.2. The number of hydrogen-bond donors (Lipinski definition) is 4. The van der Waals surface area contributed by atoms with Gasteiger partial charge in [0, 0.05) is 10.0 Å². The second-order valence-electron chi connectivity index (χ2n) is 4.39. The van der Waals surface area contributed by atoms with Crippen LogP contribution in [0, 0.1) is 5.41 Å². The van der Waals surface area contributed by atoms with E-state index >= 15 is 0 Å². The molecule has 5 N–H and O–H groups in total. The highest BCUT2D eigenvalue weighted by Crippen LogP contribution is 2.31. The number of nitrogens with two attached hydrogens (primary N) is 1. The Balaban J connectivity index is 2.17. The molecule has 20 heavy (non-hydrogen) atoms. The van der Waals surface area contributed by atoms with Gasteiger partial charge in [-0.25, -0.2) is 4.98 Å². The van der Waals surface area contributed by atoms with Crippen molar-refractivity contribution < 1.29 is 5.11 Å². The lowest BCUT2D eigenvalue weighted by molar-refractivity contribution is 0.477. The molecule has 100 valence electrons. The number of fused-ring (bicyclic) bond motifs is 1. The Bertz CT molecular complexity index is 825. The molecule has 2 aromatic carbocycles. The van der Waals surface area contributed by atoms with Gasteiger partial charge in [-0.1, -0.05) is 15.9 Å². The Morgan fingerprint density at radius 3 is 2.80 bits per heavy atom. The Hall–Kier alpha value is -2.34. The monoisotopic (exact) mass is 330 g/mol. The van der Waals surface area contributed by atoms with Gasteiger partial charge in [0.2, 0.25) is 0 Å². The van der Waals surface area contributed by atoms with E-state index in [1.165, 1.54) is 0 Å². The number of H-pyrrole nitrogens is 1. The Kier molecular flexibility index (Phi) is 2.94. The van der Waals surface area contributed by atoms with Crippen LogP contribution in [0.5, 0.6) is 5.75 Å². The van der Waals surface area contributed by atoms with E-state index in [2.05, 4.69) is 25.9 Å². The van der Waals surface area contributed by atoms with Crippen LogP contribution < -0.4 is 5.73 Å². The third-order valence-corrected chi connectivity index (χ3v) is 3.50. The summed E-state index contributed by atoms with van der Waals surface area (Å²) >= 11 is 3.37. The molecule has 0 unspecified atom stereocenters. The first-order valence-electron chi connectivity index (χ1n) is 5.87. The van der Waals surface area contributed by atoms with Gasteiger partial charge >= 0.3 is 0 Å². The number of amidine groups is 1. The zero-order chi connectivity index (χ0) is 14.3. The molecular weight excluding hydrogens is 320 g/mol. The van der Waals surface area contributed by atoms with Crippen molar-refractivity contribution in [1.82, 2.24) is 9.97 Å². The molecule has 0 saturated carbocycles. The predicted molar refractivity (Wildman–Crippen MR) is 81.9 cm³/mol. The van der Waals surface area contributed by atoms with E-state index in [9.17, 15) is 5.11 Å². The van der Waals surface area contributed by atoms with Crippen molar-refractivity contribution in [2.24, 2.45) is 5.73 Å². The summed E-state index contributed by atoms with van der Waals surface area (Å²) in [4.78, 5) is 7.57. The molecule has 0 aliphatic rings. The minimum absolute atomic E-state index is 0.00773. The van der Waals surface area contributed by atoms with Gasteiger partial charge in [-0.3, -0.25) is 5.41 Å². The van der Waals surface area contributed by atoms with Gasteiger partial charge in [-0.15, -0.1) is 0 Å². The Labute approximate surface area is 123 Å². The minimum atomic E-state index is 0.00773.